The molecule has 0 aromatic heterocycles. The van der Waals surface area contributed by atoms with Gasteiger partial charge >= 0.3 is 0 Å². The Hall–Kier alpha value is -1.03. The summed E-state index contributed by atoms with van der Waals surface area (Å²) in [5.41, 5.74) is 1.00. The van der Waals surface area contributed by atoms with E-state index in [2.05, 4.69) is 17.2 Å². The molecule has 1 unspecified atom stereocenters. The zero-order valence-electron chi connectivity index (χ0n) is 9.95. The summed E-state index contributed by atoms with van der Waals surface area (Å²) >= 11 is 1.78. The van der Waals surface area contributed by atoms with E-state index in [-0.39, 0.29) is 5.82 Å². The van der Waals surface area contributed by atoms with Crippen LogP contribution >= 0.6 is 11.8 Å². The van der Waals surface area contributed by atoms with Crippen molar-refractivity contribution in [2.45, 2.75) is 25.8 Å². The molecular formula is C13H17FN2S. The molecule has 92 valence electrons. The average Bonchev–Trinajstić information content (AvgIpc) is 2.77. The third kappa shape index (κ3) is 3.73. The molecule has 0 bridgehead atoms. The van der Waals surface area contributed by atoms with Crippen molar-refractivity contribution in [3.8, 4) is 0 Å². The van der Waals surface area contributed by atoms with Gasteiger partial charge in [-0.2, -0.15) is 0 Å². The van der Waals surface area contributed by atoms with Crippen molar-refractivity contribution in [2.75, 3.05) is 12.3 Å². The van der Waals surface area contributed by atoms with Crippen LogP contribution in [0.1, 0.15) is 18.9 Å². The van der Waals surface area contributed by atoms with Crippen LogP contribution in [-0.4, -0.2) is 23.5 Å². The van der Waals surface area contributed by atoms with Crippen LogP contribution in [0.15, 0.2) is 29.3 Å². The summed E-state index contributed by atoms with van der Waals surface area (Å²) < 4.78 is 12.9. The molecule has 1 saturated heterocycles. The predicted octanol–water partition coefficient (Wildman–Crippen LogP) is 2.84. The van der Waals surface area contributed by atoms with E-state index in [9.17, 15) is 4.39 Å². The quantitative estimate of drug-likeness (QED) is 0.891. The lowest BCUT2D eigenvalue weighted by Gasteiger charge is -2.04. The Bertz CT molecular complexity index is 406. The number of nitrogens with one attached hydrogen (secondary N) is 1. The van der Waals surface area contributed by atoms with E-state index >= 15 is 0 Å². The highest BCUT2D eigenvalue weighted by Gasteiger charge is 2.17. The van der Waals surface area contributed by atoms with E-state index in [0.717, 1.165) is 35.9 Å². The van der Waals surface area contributed by atoms with Gasteiger partial charge in [-0.25, -0.2) is 4.39 Å². The Balaban J connectivity index is 1.81. The Morgan fingerprint density at radius 1 is 1.53 bits per heavy atom. The fourth-order valence-corrected chi connectivity index (χ4v) is 2.84. The summed E-state index contributed by atoms with van der Waals surface area (Å²) in [4.78, 5) is 4.49. The highest BCUT2D eigenvalue weighted by molar-refractivity contribution is 8.14. The lowest BCUT2D eigenvalue weighted by Crippen LogP contribution is -2.25. The maximum absolute atomic E-state index is 12.9. The molecule has 1 fully saturated rings. The molecule has 0 spiro atoms. The van der Waals surface area contributed by atoms with Gasteiger partial charge in [-0.15, -0.1) is 0 Å². The fourth-order valence-electron chi connectivity index (χ4n) is 1.73. The van der Waals surface area contributed by atoms with Crippen molar-refractivity contribution in [1.29, 1.82) is 0 Å². The van der Waals surface area contributed by atoms with Gasteiger partial charge in [0.05, 0.1) is 0 Å². The Kier molecular flexibility index (Phi) is 4.42. The van der Waals surface area contributed by atoms with Gasteiger partial charge in [0.1, 0.15) is 5.82 Å². The zero-order chi connectivity index (χ0) is 12.1. The van der Waals surface area contributed by atoms with E-state index in [1.54, 1.807) is 23.9 Å². The molecular weight excluding hydrogens is 235 g/mol. The van der Waals surface area contributed by atoms with E-state index < -0.39 is 0 Å². The van der Waals surface area contributed by atoms with Crippen molar-refractivity contribution in [3.05, 3.63) is 35.6 Å². The number of amidine groups is 1. The van der Waals surface area contributed by atoms with Crippen LogP contribution in [0, 0.1) is 5.82 Å². The fraction of sp³-hybridized carbons (Fsp3) is 0.462. The first-order valence-electron chi connectivity index (χ1n) is 5.96. The standard InChI is InChI=1S/C13H17FN2S/c1-2-12-9-17-13(16-12)15-7-6-10-4-3-5-11(14)8-10/h3-5,8,12H,2,6-7,9H2,1H3,(H,15,16). The molecule has 17 heavy (non-hydrogen) atoms. The summed E-state index contributed by atoms with van der Waals surface area (Å²) in [6.07, 6.45) is 1.93. The van der Waals surface area contributed by atoms with Crippen LogP contribution in [0.5, 0.6) is 0 Å². The van der Waals surface area contributed by atoms with Gasteiger partial charge in [0.2, 0.25) is 0 Å². The molecule has 1 N–H and O–H groups in total. The van der Waals surface area contributed by atoms with Gasteiger partial charge in [0, 0.05) is 18.3 Å². The van der Waals surface area contributed by atoms with Crippen molar-refractivity contribution in [2.24, 2.45) is 4.99 Å². The summed E-state index contributed by atoms with van der Waals surface area (Å²) in [5, 5.41) is 4.41. The SMILES string of the molecule is CCC1CSC(=NCCc2cccc(F)c2)N1. The topological polar surface area (TPSA) is 24.4 Å². The number of benzene rings is 1. The third-order valence-electron chi connectivity index (χ3n) is 2.79. The van der Waals surface area contributed by atoms with E-state index in [1.165, 1.54) is 6.07 Å². The van der Waals surface area contributed by atoms with Gasteiger partial charge in [0.15, 0.2) is 5.17 Å². The molecule has 2 rings (SSSR count). The van der Waals surface area contributed by atoms with Crippen molar-refractivity contribution in [3.63, 3.8) is 0 Å². The molecule has 1 heterocycles. The number of rotatable bonds is 4. The molecule has 0 amide bonds. The first-order chi connectivity index (χ1) is 8.28. The molecule has 4 heteroatoms. The van der Waals surface area contributed by atoms with Crippen LogP contribution < -0.4 is 5.32 Å². The van der Waals surface area contributed by atoms with Crippen LogP contribution in [0.3, 0.4) is 0 Å². The first kappa shape index (κ1) is 12.4. The zero-order valence-corrected chi connectivity index (χ0v) is 10.8. The number of hydrogen-bond donors (Lipinski definition) is 1. The summed E-state index contributed by atoms with van der Waals surface area (Å²) in [7, 11) is 0. The second-order valence-electron chi connectivity index (χ2n) is 4.13. The molecule has 1 aliphatic rings. The summed E-state index contributed by atoms with van der Waals surface area (Å²) in [5.74, 6) is 0.935. The highest BCUT2D eigenvalue weighted by atomic mass is 32.2. The number of nitrogens with zero attached hydrogens (tertiary/aromatic N) is 1. The summed E-state index contributed by atoms with van der Waals surface area (Å²) in [6, 6.07) is 7.29. The lowest BCUT2D eigenvalue weighted by atomic mass is 10.1. The number of thioether (sulfide) groups is 1. The summed E-state index contributed by atoms with van der Waals surface area (Å²) in [6.45, 7) is 2.89. The van der Waals surface area contributed by atoms with Gasteiger partial charge in [-0.3, -0.25) is 4.99 Å². The van der Waals surface area contributed by atoms with Gasteiger partial charge in [-0.05, 0) is 30.5 Å². The molecule has 0 radical (unpaired) electrons. The molecule has 1 aliphatic heterocycles. The largest absolute Gasteiger partial charge is 0.361 e. The van der Waals surface area contributed by atoms with Crippen LogP contribution in [-0.2, 0) is 6.42 Å². The maximum atomic E-state index is 12.9. The van der Waals surface area contributed by atoms with Crippen molar-refractivity contribution >= 4 is 16.9 Å². The second-order valence-corrected chi connectivity index (χ2v) is 5.14. The Labute approximate surface area is 106 Å². The Morgan fingerprint density at radius 3 is 3.12 bits per heavy atom. The minimum atomic E-state index is -0.172. The van der Waals surface area contributed by atoms with Crippen LogP contribution in [0.4, 0.5) is 4.39 Å². The predicted molar refractivity (Wildman–Crippen MR) is 72.1 cm³/mol. The Morgan fingerprint density at radius 2 is 2.41 bits per heavy atom. The average molecular weight is 252 g/mol. The highest BCUT2D eigenvalue weighted by Crippen LogP contribution is 2.15. The normalized spacial score (nSPS) is 21.8. The first-order valence-corrected chi connectivity index (χ1v) is 6.94. The molecule has 2 nitrogen and oxygen atoms in total. The van der Waals surface area contributed by atoms with Crippen molar-refractivity contribution in [1.82, 2.24) is 5.32 Å². The minimum absolute atomic E-state index is 0.172. The molecule has 1 aromatic carbocycles. The molecule has 1 aromatic rings. The van der Waals surface area contributed by atoms with Gasteiger partial charge in [-0.1, -0.05) is 30.8 Å². The molecule has 0 saturated carbocycles. The van der Waals surface area contributed by atoms with Crippen LogP contribution in [0.2, 0.25) is 0 Å². The number of halogens is 1. The third-order valence-corrected chi connectivity index (χ3v) is 3.88. The van der Waals surface area contributed by atoms with Crippen LogP contribution in [0.25, 0.3) is 0 Å². The second kappa shape index (κ2) is 6.05. The maximum Gasteiger partial charge on any atom is 0.156 e. The molecule has 1 atom stereocenters. The van der Waals surface area contributed by atoms with Gasteiger partial charge in [0.25, 0.3) is 0 Å². The van der Waals surface area contributed by atoms with E-state index in [4.69, 9.17) is 0 Å². The van der Waals surface area contributed by atoms with E-state index in [0.29, 0.717) is 6.04 Å². The smallest absolute Gasteiger partial charge is 0.156 e. The van der Waals surface area contributed by atoms with Gasteiger partial charge < -0.3 is 5.32 Å². The van der Waals surface area contributed by atoms with E-state index in [1.807, 2.05) is 6.07 Å². The molecule has 0 aliphatic carbocycles. The monoisotopic (exact) mass is 252 g/mol. The number of aliphatic imine (C=N–C) groups is 1. The van der Waals surface area contributed by atoms with Crippen molar-refractivity contribution < 1.29 is 4.39 Å². The lowest BCUT2D eigenvalue weighted by molar-refractivity contribution is 0.625. The number of hydrogen-bond acceptors (Lipinski definition) is 2. The minimum Gasteiger partial charge on any atom is -0.361 e.